The lowest BCUT2D eigenvalue weighted by Gasteiger charge is -2.32. The molecule has 0 saturated heterocycles. The van der Waals surface area contributed by atoms with Gasteiger partial charge in [-0.15, -0.1) is 0 Å². The summed E-state index contributed by atoms with van der Waals surface area (Å²) < 4.78 is 53.8. The summed E-state index contributed by atoms with van der Waals surface area (Å²) in [6.07, 6.45) is 0.458. The molecular formula is C31H36FN3O6S. The molecule has 0 spiro atoms. The normalized spacial score (nSPS) is 13.4. The first-order valence-corrected chi connectivity index (χ1v) is 15.3. The van der Waals surface area contributed by atoms with Gasteiger partial charge in [0, 0.05) is 19.2 Å². The lowest BCUT2D eigenvalue weighted by atomic mass is 10.1. The lowest BCUT2D eigenvalue weighted by molar-refractivity contribution is -0.138. The summed E-state index contributed by atoms with van der Waals surface area (Å²) >= 11 is 0. The molecule has 4 rings (SSSR count). The highest BCUT2D eigenvalue weighted by molar-refractivity contribution is 7.92. The van der Waals surface area contributed by atoms with Gasteiger partial charge in [0.05, 0.1) is 10.6 Å². The largest absolute Gasteiger partial charge is 0.486 e. The summed E-state index contributed by atoms with van der Waals surface area (Å²) in [5.74, 6) is -0.580. The number of anilines is 1. The van der Waals surface area contributed by atoms with E-state index in [1.165, 1.54) is 35.2 Å². The fourth-order valence-electron chi connectivity index (χ4n) is 4.47. The van der Waals surface area contributed by atoms with Crippen LogP contribution >= 0.6 is 0 Å². The number of amides is 2. The average Bonchev–Trinajstić information content (AvgIpc) is 2.99. The van der Waals surface area contributed by atoms with Crippen molar-refractivity contribution >= 4 is 27.5 Å². The summed E-state index contributed by atoms with van der Waals surface area (Å²) in [7, 11) is -4.34. The van der Waals surface area contributed by atoms with E-state index in [4.69, 9.17) is 9.47 Å². The van der Waals surface area contributed by atoms with Gasteiger partial charge in [0.2, 0.25) is 11.8 Å². The van der Waals surface area contributed by atoms with Gasteiger partial charge >= 0.3 is 0 Å². The van der Waals surface area contributed by atoms with Crippen molar-refractivity contribution in [3.05, 3.63) is 84.2 Å². The topological polar surface area (TPSA) is 105 Å². The number of nitrogens with one attached hydrogen (secondary N) is 1. The average molecular weight is 598 g/mol. The Morgan fingerprint density at radius 2 is 1.60 bits per heavy atom. The van der Waals surface area contributed by atoms with Crippen molar-refractivity contribution in [2.45, 2.75) is 38.1 Å². The molecule has 0 fully saturated rings. The van der Waals surface area contributed by atoms with E-state index in [0.717, 1.165) is 22.0 Å². The SMILES string of the molecule is CC(C)CNC(=O)C(C)N(CCc1ccccc1)C(=O)CN(c1ccc(F)cc1)S(=O)(=O)c1ccc2c(c1)OCCO2. The second-order valence-corrected chi connectivity index (χ2v) is 12.3. The molecule has 3 aromatic carbocycles. The van der Waals surface area contributed by atoms with Crippen molar-refractivity contribution in [1.82, 2.24) is 10.2 Å². The standard InChI is InChI=1S/C31H36FN3O6S/c1-22(2)20-33-31(37)23(3)34(16-15-24-7-5-4-6-8-24)30(36)21-35(26-11-9-25(32)10-12-26)42(38,39)27-13-14-28-29(19-27)41-18-17-40-28/h4-14,19,22-23H,15-18,20-21H2,1-3H3,(H,33,37). The molecule has 1 aliphatic rings. The Kier molecular flexibility index (Phi) is 10.1. The molecule has 0 saturated carbocycles. The van der Waals surface area contributed by atoms with Crippen LogP contribution in [0.3, 0.4) is 0 Å². The number of sulfonamides is 1. The van der Waals surface area contributed by atoms with Crippen LogP contribution in [0.5, 0.6) is 11.5 Å². The molecule has 2 amide bonds. The van der Waals surface area contributed by atoms with Crippen LogP contribution in [-0.4, -0.2) is 64.0 Å². The van der Waals surface area contributed by atoms with E-state index < -0.39 is 34.3 Å². The number of nitrogens with zero attached hydrogens (tertiary/aromatic N) is 2. The van der Waals surface area contributed by atoms with Crippen molar-refractivity contribution in [2.75, 3.05) is 37.2 Å². The number of hydrogen-bond acceptors (Lipinski definition) is 6. The minimum absolute atomic E-state index is 0.0968. The maximum absolute atomic E-state index is 14.0. The third-order valence-corrected chi connectivity index (χ3v) is 8.60. The molecule has 1 heterocycles. The van der Waals surface area contributed by atoms with E-state index in [1.807, 2.05) is 44.2 Å². The molecule has 0 aromatic heterocycles. The van der Waals surface area contributed by atoms with Crippen LogP contribution in [-0.2, 0) is 26.0 Å². The van der Waals surface area contributed by atoms with Crippen LogP contribution in [0.4, 0.5) is 10.1 Å². The summed E-state index contributed by atoms with van der Waals surface area (Å²) in [4.78, 5) is 28.2. The van der Waals surface area contributed by atoms with Crippen LogP contribution in [0, 0.1) is 11.7 Å². The van der Waals surface area contributed by atoms with Gasteiger partial charge in [0.25, 0.3) is 10.0 Å². The molecule has 11 heteroatoms. The second kappa shape index (κ2) is 13.7. The Labute approximate surface area is 246 Å². The minimum Gasteiger partial charge on any atom is -0.486 e. The van der Waals surface area contributed by atoms with Crippen LogP contribution in [0.2, 0.25) is 0 Å². The maximum Gasteiger partial charge on any atom is 0.264 e. The molecule has 1 N–H and O–H groups in total. The quantitative estimate of drug-likeness (QED) is 0.338. The first-order valence-electron chi connectivity index (χ1n) is 13.9. The Morgan fingerprint density at radius 3 is 2.26 bits per heavy atom. The van der Waals surface area contributed by atoms with Gasteiger partial charge in [0.15, 0.2) is 11.5 Å². The van der Waals surface area contributed by atoms with E-state index in [-0.39, 0.29) is 41.3 Å². The van der Waals surface area contributed by atoms with Crippen LogP contribution in [0.1, 0.15) is 26.3 Å². The Hall–Kier alpha value is -4.12. The van der Waals surface area contributed by atoms with Crippen molar-refractivity contribution < 1.29 is 31.9 Å². The van der Waals surface area contributed by atoms with Gasteiger partial charge < -0.3 is 19.7 Å². The first-order chi connectivity index (χ1) is 20.1. The third-order valence-electron chi connectivity index (χ3n) is 6.83. The smallest absolute Gasteiger partial charge is 0.264 e. The minimum atomic E-state index is -4.34. The summed E-state index contributed by atoms with van der Waals surface area (Å²) in [5, 5.41) is 2.86. The monoisotopic (exact) mass is 597 g/mol. The van der Waals surface area contributed by atoms with Crippen molar-refractivity contribution in [3.8, 4) is 11.5 Å². The van der Waals surface area contributed by atoms with E-state index in [2.05, 4.69) is 5.32 Å². The fourth-order valence-corrected chi connectivity index (χ4v) is 5.90. The van der Waals surface area contributed by atoms with Gasteiger partial charge in [-0.05, 0) is 61.2 Å². The molecule has 9 nitrogen and oxygen atoms in total. The fraction of sp³-hybridized carbons (Fsp3) is 0.355. The predicted molar refractivity (Wildman–Crippen MR) is 158 cm³/mol. The van der Waals surface area contributed by atoms with Gasteiger partial charge in [-0.2, -0.15) is 0 Å². The summed E-state index contributed by atoms with van der Waals surface area (Å²) in [6.45, 7) is 6.17. The zero-order valence-corrected chi connectivity index (χ0v) is 24.8. The number of hydrogen-bond donors (Lipinski definition) is 1. The van der Waals surface area contributed by atoms with Gasteiger partial charge in [-0.25, -0.2) is 12.8 Å². The zero-order valence-electron chi connectivity index (χ0n) is 24.0. The van der Waals surface area contributed by atoms with Crippen molar-refractivity contribution in [3.63, 3.8) is 0 Å². The van der Waals surface area contributed by atoms with E-state index in [1.54, 1.807) is 6.92 Å². The molecule has 42 heavy (non-hydrogen) atoms. The zero-order chi connectivity index (χ0) is 30.3. The lowest BCUT2D eigenvalue weighted by Crippen LogP contribution is -2.52. The van der Waals surface area contributed by atoms with E-state index in [0.29, 0.717) is 25.3 Å². The van der Waals surface area contributed by atoms with Crippen molar-refractivity contribution in [1.29, 1.82) is 0 Å². The number of carbonyl (C=O) groups excluding carboxylic acids is 2. The number of fused-ring (bicyclic) bond motifs is 1. The highest BCUT2D eigenvalue weighted by Crippen LogP contribution is 2.34. The Morgan fingerprint density at radius 1 is 0.929 bits per heavy atom. The Balaban J connectivity index is 1.66. The van der Waals surface area contributed by atoms with E-state index >= 15 is 0 Å². The number of halogens is 1. The van der Waals surface area contributed by atoms with Crippen molar-refractivity contribution in [2.24, 2.45) is 5.92 Å². The number of carbonyl (C=O) groups is 2. The second-order valence-electron chi connectivity index (χ2n) is 10.4. The molecule has 1 unspecified atom stereocenters. The highest BCUT2D eigenvalue weighted by Gasteiger charge is 2.33. The molecular weight excluding hydrogens is 561 g/mol. The summed E-state index contributed by atoms with van der Waals surface area (Å²) in [6, 6.07) is 17.7. The Bertz CT molecular complexity index is 1480. The summed E-state index contributed by atoms with van der Waals surface area (Å²) in [5.41, 5.74) is 1.06. The van der Waals surface area contributed by atoms with Crippen LogP contribution in [0.15, 0.2) is 77.7 Å². The number of benzene rings is 3. The molecule has 1 aliphatic heterocycles. The van der Waals surface area contributed by atoms with Crippen LogP contribution < -0.4 is 19.1 Å². The maximum atomic E-state index is 14.0. The number of rotatable bonds is 12. The molecule has 0 radical (unpaired) electrons. The van der Waals surface area contributed by atoms with Gasteiger partial charge in [-0.3, -0.25) is 13.9 Å². The molecule has 1 atom stereocenters. The molecule has 0 bridgehead atoms. The molecule has 3 aromatic rings. The van der Waals surface area contributed by atoms with E-state index in [9.17, 15) is 22.4 Å². The highest BCUT2D eigenvalue weighted by atomic mass is 32.2. The van der Waals surface area contributed by atoms with Gasteiger partial charge in [0.1, 0.15) is 31.6 Å². The first kappa shape index (κ1) is 30.8. The predicted octanol–water partition coefficient (Wildman–Crippen LogP) is 4.02. The van der Waals surface area contributed by atoms with Gasteiger partial charge in [-0.1, -0.05) is 44.2 Å². The molecule has 0 aliphatic carbocycles. The third kappa shape index (κ3) is 7.58. The molecule has 224 valence electrons. The number of ether oxygens (including phenoxy) is 2. The van der Waals surface area contributed by atoms with Crippen LogP contribution in [0.25, 0.3) is 0 Å².